The maximum atomic E-state index is 11.1. The van der Waals surface area contributed by atoms with E-state index < -0.39 is 9.05 Å². The fraction of sp³-hybridized carbons (Fsp3) is 1.00. The minimum Gasteiger partial charge on any atom is -0.378 e. The van der Waals surface area contributed by atoms with Gasteiger partial charge in [-0.3, -0.25) is 0 Å². The molecule has 0 aromatic heterocycles. The Morgan fingerprint density at radius 1 is 1.33 bits per heavy atom. The Labute approximate surface area is 96.6 Å². The molecule has 0 unspecified atom stereocenters. The highest BCUT2D eigenvalue weighted by atomic mass is 35.7. The van der Waals surface area contributed by atoms with Gasteiger partial charge in [0, 0.05) is 16.1 Å². The van der Waals surface area contributed by atoms with Crippen LogP contribution in [0.5, 0.6) is 0 Å². The first kappa shape index (κ1) is 13.3. The predicted molar refractivity (Wildman–Crippen MR) is 61.6 cm³/mol. The van der Waals surface area contributed by atoms with Crippen molar-refractivity contribution < 1.29 is 13.2 Å². The van der Waals surface area contributed by atoms with E-state index in [1.807, 2.05) is 13.8 Å². The molecule has 3 nitrogen and oxygen atoms in total. The normalized spacial score (nSPS) is 18.1. The van der Waals surface area contributed by atoms with Gasteiger partial charge < -0.3 is 4.74 Å². The standard InChI is InChI=1S/C10H19ClO3S/c1-3-10(4-2,8-15(11,12)13)7-14-9-5-6-9/h9H,3-8H2,1-2H3. The fourth-order valence-electron chi connectivity index (χ4n) is 1.59. The molecular formula is C10H19ClO3S. The zero-order valence-corrected chi connectivity index (χ0v) is 10.9. The minimum atomic E-state index is -3.44. The van der Waals surface area contributed by atoms with E-state index >= 15 is 0 Å². The number of hydrogen-bond donors (Lipinski definition) is 0. The van der Waals surface area contributed by atoms with Crippen LogP contribution in [0.2, 0.25) is 0 Å². The summed E-state index contributed by atoms with van der Waals surface area (Å²) in [4.78, 5) is 0. The van der Waals surface area contributed by atoms with E-state index in [1.54, 1.807) is 0 Å². The van der Waals surface area contributed by atoms with Crippen molar-refractivity contribution in [2.75, 3.05) is 12.4 Å². The quantitative estimate of drug-likeness (QED) is 0.656. The van der Waals surface area contributed by atoms with Gasteiger partial charge in [0.25, 0.3) is 0 Å². The van der Waals surface area contributed by atoms with E-state index in [1.165, 1.54) is 0 Å². The lowest BCUT2D eigenvalue weighted by atomic mass is 9.85. The molecule has 0 saturated heterocycles. The van der Waals surface area contributed by atoms with E-state index in [-0.39, 0.29) is 11.2 Å². The largest absolute Gasteiger partial charge is 0.378 e. The number of hydrogen-bond acceptors (Lipinski definition) is 3. The zero-order valence-electron chi connectivity index (χ0n) is 9.33. The van der Waals surface area contributed by atoms with Crippen molar-refractivity contribution in [2.24, 2.45) is 5.41 Å². The molecule has 0 aromatic carbocycles. The summed E-state index contributed by atoms with van der Waals surface area (Å²) in [6.07, 6.45) is 4.14. The average molecular weight is 255 g/mol. The third-order valence-corrected chi connectivity index (χ3v) is 4.41. The summed E-state index contributed by atoms with van der Waals surface area (Å²) >= 11 is 0. The van der Waals surface area contributed by atoms with Crippen molar-refractivity contribution in [2.45, 2.75) is 45.6 Å². The van der Waals surface area contributed by atoms with Crippen molar-refractivity contribution in [3.63, 3.8) is 0 Å². The van der Waals surface area contributed by atoms with E-state index in [4.69, 9.17) is 15.4 Å². The van der Waals surface area contributed by atoms with E-state index in [0.717, 1.165) is 25.7 Å². The average Bonchev–Trinajstić information content (AvgIpc) is 2.94. The summed E-state index contributed by atoms with van der Waals surface area (Å²) in [5.41, 5.74) is -0.302. The van der Waals surface area contributed by atoms with Gasteiger partial charge in [0.1, 0.15) is 0 Å². The molecule has 15 heavy (non-hydrogen) atoms. The van der Waals surface area contributed by atoms with Gasteiger partial charge in [-0.2, -0.15) is 0 Å². The molecule has 1 aliphatic rings. The summed E-state index contributed by atoms with van der Waals surface area (Å²) in [6, 6.07) is 0. The Balaban J connectivity index is 2.57. The molecule has 0 aromatic rings. The van der Waals surface area contributed by atoms with Gasteiger partial charge in [0.05, 0.1) is 18.5 Å². The van der Waals surface area contributed by atoms with Gasteiger partial charge in [-0.15, -0.1) is 0 Å². The number of ether oxygens (including phenoxy) is 1. The highest BCUT2D eigenvalue weighted by Crippen LogP contribution is 2.33. The Kier molecular flexibility index (Phi) is 4.44. The first-order valence-electron chi connectivity index (χ1n) is 5.45. The van der Waals surface area contributed by atoms with Crippen LogP contribution in [0.1, 0.15) is 39.5 Å². The molecule has 0 radical (unpaired) electrons. The van der Waals surface area contributed by atoms with Crippen LogP contribution in [-0.2, 0) is 13.8 Å². The van der Waals surface area contributed by atoms with Gasteiger partial charge >= 0.3 is 0 Å². The summed E-state index contributed by atoms with van der Waals surface area (Å²) in [6.45, 7) is 4.49. The van der Waals surface area contributed by atoms with E-state index in [2.05, 4.69) is 0 Å². The molecule has 0 bridgehead atoms. The zero-order chi connectivity index (χ0) is 11.5. The summed E-state index contributed by atoms with van der Waals surface area (Å²) in [7, 11) is 1.88. The second kappa shape index (κ2) is 5.02. The second-order valence-corrected chi connectivity index (χ2v) is 7.18. The highest BCUT2D eigenvalue weighted by Gasteiger charge is 2.34. The predicted octanol–water partition coefficient (Wildman–Crippen LogP) is 2.54. The molecule has 0 aliphatic heterocycles. The highest BCUT2D eigenvalue weighted by molar-refractivity contribution is 8.13. The van der Waals surface area contributed by atoms with Crippen LogP contribution in [0.4, 0.5) is 0 Å². The van der Waals surface area contributed by atoms with Crippen molar-refractivity contribution in [3.8, 4) is 0 Å². The maximum absolute atomic E-state index is 11.1. The third kappa shape index (κ3) is 4.70. The van der Waals surface area contributed by atoms with Gasteiger partial charge in [0.15, 0.2) is 0 Å². The van der Waals surface area contributed by atoms with Crippen LogP contribution in [0.3, 0.4) is 0 Å². The Hall–Kier alpha value is 0.200. The molecule has 90 valence electrons. The molecular weight excluding hydrogens is 236 g/mol. The number of rotatable bonds is 7. The van der Waals surface area contributed by atoms with Crippen LogP contribution >= 0.6 is 10.7 Å². The second-order valence-electron chi connectivity index (χ2n) is 4.40. The smallest absolute Gasteiger partial charge is 0.233 e. The van der Waals surface area contributed by atoms with Gasteiger partial charge in [-0.25, -0.2) is 8.42 Å². The maximum Gasteiger partial charge on any atom is 0.233 e. The van der Waals surface area contributed by atoms with Crippen LogP contribution in [0.25, 0.3) is 0 Å². The van der Waals surface area contributed by atoms with Gasteiger partial charge in [-0.05, 0) is 25.7 Å². The third-order valence-electron chi connectivity index (χ3n) is 3.13. The monoisotopic (exact) mass is 254 g/mol. The fourth-order valence-corrected chi connectivity index (χ4v) is 3.51. The summed E-state index contributed by atoms with van der Waals surface area (Å²) in [5, 5.41) is 0. The minimum absolute atomic E-state index is 0.0152. The van der Waals surface area contributed by atoms with Crippen LogP contribution in [0.15, 0.2) is 0 Å². The van der Waals surface area contributed by atoms with Crippen molar-refractivity contribution in [1.29, 1.82) is 0 Å². The molecule has 0 N–H and O–H groups in total. The van der Waals surface area contributed by atoms with Crippen LogP contribution in [0, 0.1) is 5.41 Å². The SMILES string of the molecule is CCC(CC)(COC1CC1)CS(=O)(=O)Cl. The summed E-state index contributed by atoms with van der Waals surface area (Å²) < 4.78 is 27.9. The van der Waals surface area contributed by atoms with Gasteiger partial charge in [0.2, 0.25) is 9.05 Å². The van der Waals surface area contributed by atoms with Crippen molar-refractivity contribution in [1.82, 2.24) is 0 Å². The topological polar surface area (TPSA) is 43.4 Å². The molecule has 0 amide bonds. The van der Waals surface area contributed by atoms with Crippen LogP contribution in [-0.4, -0.2) is 26.9 Å². The molecule has 1 saturated carbocycles. The molecule has 1 rings (SSSR count). The molecule has 0 heterocycles. The molecule has 0 atom stereocenters. The Morgan fingerprint density at radius 2 is 1.87 bits per heavy atom. The lowest BCUT2D eigenvalue weighted by molar-refractivity contribution is 0.0394. The first-order chi connectivity index (χ1) is 6.91. The van der Waals surface area contributed by atoms with Gasteiger partial charge in [-0.1, -0.05) is 13.8 Å². The van der Waals surface area contributed by atoms with Crippen molar-refractivity contribution >= 4 is 19.7 Å². The first-order valence-corrected chi connectivity index (χ1v) is 7.92. The molecule has 1 aliphatic carbocycles. The van der Waals surface area contributed by atoms with Crippen LogP contribution < -0.4 is 0 Å². The lowest BCUT2D eigenvalue weighted by Gasteiger charge is -2.29. The molecule has 0 spiro atoms. The Bertz CT molecular complexity index is 292. The lowest BCUT2D eigenvalue weighted by Crippen LogP contribution is -2.32. The van der Waals surface area contributed by atoms with Crippen molar-refractivity contribution in [3.05, 3.63) is 0 Å². The Morgan fingerprint density at radius 3 is 2.20 bits per heavy atom. The number of halogens is 1. The summed E-state index contributed by atoms with van der Waals surface area (Å²) in [5.74, 6) is 0.0152. The van der Waals surface area contributed by atoms with E-state index in [0.29, 0.717) is 12.7 Å². The van der Waals surface area contributed by atoms with E-state index in [9.17, 15) is 8.42 Å². The molecule has 1 fully saturated rings. The molecule has 5 heteroatoms.